The van der Waals surface area contributed by atoms with Gasteiger partial charge in [0.25, 0.3) is 0 Å². The Morgan fingerprint density at radius 3 is 2.75 bits per heavy atom. The van der Waals surface area contributed by atoms with Gasteiger partial charge in [-0.15, -0.1) is 16.4 Å². The van der Waals surface area contributed by atoms with E-state index in [2.05, 4.69) is 10.2 Å². The van der Waals surface area contributed by atoms with Crippen LogP contribution in [0.1, 0.15) is 9.75 Å². The highest BCUT2D eigenvalue weighted by Crippen LogP contribution is 2.12. The predicted molar refractivity (Wildman–Crippen MR) is 52.5 cm³/mol. The fraction of sp³-hybridized carbons (Fsp3) is 0.143. The van der Waals surface area contributed by atoms with E-state index >= 15 is 0 Å². The first-order chi connectivity index (χ1) is 5.68. The number of nitrogens with zero attached hydrogens (tertiary/aromatic N) is 2. The van der Waals surface area contributed by atoms with Crippen LogP contribution in [0.2, 0.25) is 0 Å². The summed E-state index contributed by atoms with van der Waals surface area (Å²) in [5.74, 6) is -0.0282. The zero-order valence-electron chi connectivity index (χ0n) is 6.69. The van der Waals surface area contributed by atoms with Crippen molar-refractivity contribution in [3.05, 3.63) is 21.9 Å². The maximum absolute atomic E-state index is 5.08. The Labute approximate surface area is 74.6 Å². The summed E-state index contributed by atoms with van der Waals surface area (Å²) in [5.41, 5.74) is 10.2. The molecule has 0 saturated carbocycles. The van der Waals surface area contributed by atoms with Crippen molar-refractivity contribution < 1.29 is 0 Å². The van der Waals surface area contributed by atoms with Crippen LogP contribution in [0.25, 0.3) is 0 Å². The zero-order valence-corrected chi connectivity index (χ0v) is 7.51. The first kappa shape index (κ1) is 8.73. The molecule has 0 aliphatic carbocycles. The second-order valence-electron chi connectivity index (χ2n) is 2.22. The van der Waals surface area contributed by atoms with Gasteiger partial charge in [0.1, 0.15) is 0 Å². The van der Waals surface area contributed by atoms with Crippen LogP contribution in [-0.4, -0.2) is 12.2 Å². The summed E-state index contributed by atoms with van der Waals surface area (Å²) in [6.07, 6.45) is 1.62. The molecule has 64 valence electrons. The average molecular weight is 182 g/mol. The van der Waals surface area contributed by atoms with Crippen molar-refractivity contribution in [2.75, 3.05) is 0 Å². The van der Waals surface area contributed by atoms with Gasteiger partial charge in [0.15, 0.2) is 0 Å². The summed E-state index contributed by atoms with van der Waals surface area (Å²) < 4.78 is 0. The molecule has 0 unspecified atom stereocenters. The van der Waals surface area contributed by atoms with Crippen molar-refractivity contribution in [3.63, 3.8) is 0 Å². The SMILES string of the molecule is Cc1ccc(/C=N\N=C(N)N)s1. The number of hydrogen-bond donors (Lipinski definition) is 2. The molecular formula is C7H10N4S. The van der Waals surface area contributed by atoms with E-state index in [1.165, 1.54) is 4.88 Å². The van der Waals surface area contributed by atoms with Crippen molar-refractivity contribution >= 4 is 23.5 Å². The summed E-state index contributed by atoms with van der Waals surface area (Å²) in [6.45, 7) is 2.03. The Hall–Kier alpha value is -1.36. The second-order valence-corrected chi connectivity index (χ2v) is 3.54. The molecule has 1 aromatic heterocycles. The van der Waals surface area contributed by atoms with Gasteiger partial charge in [-0.25, -0.2) is 0 Å². The average Bonchev–Trinajstić information content (AvgIpc) is 2.35. The van der Waals surface area contributed by atoms with Gasteiger partial charge in [-0.05, 0) is 19.1 Å². The van der Waals surface area contributed by atoms with E-state index in [1.54, 1.807) is 17.6 Å². The van der Waals surface area contributed by atoms with E-state index < -0.39 is 0 Å². The molecule has 1 rings (SSSR count). The molecule has 0 atom stereocenters. The Morgan fingerprint density at radius 1 is 1.50 bits per heavy atom. The highest BCUT2D eigenvalue weighted by molar-refractivity contribution is 7.13. The van der Waals surface area contributed by atoms with E-state index in [1.807, 2.05) is 19.1 Å². The van der Waals surface area contributed by atoms with Crippen molar-refractivity contribution in [1.29, 1.82) is 0 Å². The van der Waals surface area contributed by atoms with Gasteiger partial charge in [-0.3, -0.25) is 0 Å². The molecule has 0 bridgehead atoms. The molecule has 0 aliphatic heterocycles. The van der Waals surface area contributed by atoms with Crippen LogP contribution in [0.4, 0.5) is 0 Å². The fourth-order valence-corrected chi connectivity index (χ4v) is 1.42. The van der Waals surface area contributed by atoms with Crippen molar-refractivity contribution in [3.8, 4) is 0 Å². The second kappa shape index (κ2) is 3.87. The van der Waals surface area contributed by atoms with Gasteiger partial charge in [0.05, 0.1) is 6.21 Å². The van der Waals surface area contributed by atoms with Crippen LogP contribution in [0.15, 0.2) is 22.3 Å². The molecule has 1 aromatic rings. The predicted octanol–water partition coefficient (Wildman–Crippen LogP) is 0.664. The molecule has 0 radical (unpaired) electrons. The molecule has 0 aliphatic rings. The van der Waals surface area contributed by atoms with Gasteiger partial charge in [-0.1, -0.05) is 0 Å². The summed E-state index contributed by atoms with van der Waals surface area (Å²) in [4.78, 5) is 2.28. The summed E-state index contributed by atoms with van der Waals surface area (Å²) in [5, 5.41) is 7.16. The van der Waals surface area contributed by atoms with Gasteiger partial charge >= 0.3 is 0 Å². The molecule has 0 saturated heterocycles. The van der Waals surface area contributed by atoms with E-state index in [-0.39, 0.29) is 5.96 Å². The third-order valence-corrected chi connectivity index (χ3v) is 2.05. The number of nitrogens with two attached hydrogens (primary N) is 2. The van der Waals surface area contributed by atoms with Crippen molar-refractivity contribution in [2.24, 2.45) is 21.7 Å². The van der Waals surface area contributed by atoms with Crippen molar-refractivity contribution in [2.45, 2.75) is 6.92 Å². The Bertz CT molecular complexity index is 309. The van der Waals surface area contributed by atoms with Crippen LogP contribution in [0.3, 0.4) is 0 Å². The minimum atomic E-state index is -0.0282. The zero-order chi connectivity index (χ0) is 8.97. The molecule has 1 heterocycles. The summed E-state index contributed by atoms with van der Waals surface area (Å²) in [7, 11) is 0. The minimum absolute atomic E-state index is 0.0282. The van der Waals surface area contributed by atoms with E-state index in [9.17, 15) is 0 Å². The fourth-order valence-electron chi connectivity index (χ4n) is 0.675. The third kappa shape index (κ3) is 2.71. The third-order valence-electron chi connectivity index (χ3n) is 1.12. The van der Waals surface area contributed by atoms with Crippen molar-refractivity contribution in [1.82, 2.24) is 0 Å². The summed E-state index contributed by atoms with van der Waals surface area (Å²) >= 11 is 1.64. The normalized spacial score (nSPS) is 10.4. The van der Waals surface area contributed by atoms with Crippen LogP contribution >= 0.6 is 11.3 Å². The largest absolute Gasteiger partial charge is 0.369 e. The van der Waals surface area contributed by atoms with Gasteiger partial charge in [-0.2, -0.15) is 5.10 Å². The van der Waals surface area contributed by atoms with Crippen LogP contribution in [-0.2, 0) is 0 Å². The monoisotopic (exact) mass is 182 g/mol. The number of aryl methyl sites for hydroxylation is 1. The first-order valence-electron chi connectivity index (χ1n) is 3.37. The number of hydrogen-bond acceptors (Lipinski definition) is 3. The highest BCUT2D eigenvalue weighted by atomic mass is 32.1. The first-order valence-corrected chi connectivity index (χ1v) is 4.18. The van der Waals surface area contributed by atoms with Gasteiger partial charge in [0.2, 0.25) is 5.96 Å². The molecule has 4 N–H and O–H groups in total. The molecular weight excluding hydrogens is 172 g/mol. The van der Waals surface area contributed by atoms with E-state index in [0.29, 0.717) is 0 Å². The highest BCUT2D eigenvalue weighted by Gasteiger charge is 1.90. The standard InChI is InChI=1S/C7H10N4S/c1-5-2-3-6(12-5)4-10-11-7(8)9/h2-4H,1H3,(H4,8,9,11)/b10-4-. The lowest BCUT2D eigenvalue weighted by molar-refractivity contribution is 1.22. The lowest BCUT2D eigenvalue weighted by Gasteiger charge is -1.82. The minimum Gasteiger partial charge on any atom is -0.369 e. The molecule has 0 amide bonds. The summed E-state index contributed by atoms with van der Waals surface area (Å²) in [6, 6.07) is 3.98. The number of thiophene rings is 1. The number of guanidine groups is 1. The molecule has 5 heteroatoms. The van der Waals surface area contributed by atoms with Crippen LogP contribution in [0.5, 0.6) is 0 Å². The maximum Gasteiger partial charge on any atom is 0.211 e. The molecule has 4 nitrogen and oxygen atoms in total. The smallest absolute Gasteiger partial charge is 0.211 e. The Morgan fingerprint density at radius 2 is 2.25 bits per heavy atom. The lowest BCUT2D eigenvalue weighted by atomic mass is 10.4. The van der Waals surface area contributed by atoms with E-state index in [4.69, 9.17) is 11.5 Å². The molecule has 0 aromatic carbocycles. The number of rotatable bonds is 2. The molecule has 0 spiro atoms. The van der Waals surface area contributed by atoms with Gasteiger partial charge in [0, 0.05) is 9.75 Å². The quantitative estimate of drug-likeness (QED) is 0.400. The topological polar surface area (TPSA) is 76.8 Å². The Kier molecular flexibility index (Phi) is 2.82. The maximum atomic E-state index is 5.08. The lowest BCUT2D eigenvalue weighted by Crippen LogP contribution is -2.21. The molecule has 12 heavy (non-hydrogen) atoms. The molecule has 0 fully saturated rings. The van der Waals surface area contributed by atoms with E-state index in [0.717, 1.165) is 4.88 Å². The van der Waals surface area contributed by atoms with Crippen LogP contribution < -0.4 is 11.5 Å². The van der Waals surface area contributed by atoms with Gasteiger partial charge < -0.3 is 11.5 Å². The van der Waals surface area contributed by atoms with Crippen LogP contribution in [0, 0.1) is 6.92 Å². The Balaban J connectivity index is 2.64.